The first-order valence-corrected chi connectivity index (χ1v) is 8.56. The van der Waals surface area contributed by atoms with E-state index >= 15 is 0 Å². The molecule has 6 heteroatoms. The van der Waals surface area contributed by atoms with Crippen LogP contribution < -0.4 is 5.32 Å². The van der Waals surface area contributed by atoms with E-state index in [0.29, 0.717) is 12.6 Å². The highest BCUT2D eigenvalue weighted by atomic mass is 16.6. The number of nitrogens with zero attached hydrogens (tertiary/aromatic N) is 2. The number of hydrogen-bond donors (Lipinski definition) is 1. The fourth-order valence-corrected chi connectivity index (χ4v) is 4.42. The molecule has 3 aliphatic heterocycles. The third-order valence-corrected chi connectivity index (χ3v) is 5.58. The summed E-state index contributed by atoms with van der Waals surface area (Å²) in [5.74, 6) is 0. The minimum atomic E-state index is -0.155. The van der Waals surface area contributed by atoms with Gasteiger partial charge in [0.15, 0.2) is 0 Å². The van der Waals surface area contributed by atoms with Gasteiger partial charge in [-0.15, -0.1) is 0 Å². The van der Waals surface area contributed by atoms with E-state index in [1.807, 2.05) is 4.90 Å². The third-order valence-electron chi connectivity index (χ3n) is 5.58. The molecule has 1 N–H and O–H groups in total. The summed E-state index contributed by atoms with van der Waals surface area (Å²) in [5, 5.41) is 3.29. The third kappa shape index (κ3) is 2.96. The molecule has 0 aromatic heterocycles. The van der Waals surface area contributed by atoms with Crippen molar-refractivity contribution in [1.82, 2.24) is 15.1 Å². The van der Waals surface area contributed by atoms with Crippen molar-refractivity contribution in [2.45, 2.75) is 50.2 Å². The van der Waals surface area contributed by atoms with Crippen LogP contribution in [-0.2, 0) is 9.47 Å². The van der Waals surface area contributed by atoms with E-state index in [0.717, 1.165) is 45.6 Å². The number of nitrogens with one attached hydrogen (secondary N) is 1. The summed E-state index contributed by atoms with van der Waals surface area (Å²) < 4.78 is 11.1. The lowest BCUT2D eigenvalue weighted by atomic mass is 9.95. The van der Waals surface area contributed by atoms with Gasteiger partial charge >= 0.3 is 6.09 Å². The first kappa shape index (κ1) is 16.0. The quantitative estimate of drug-likeness (QED) is 0.841. The molecule has 3 atom stereocenters. The molecule has 1 amide bonds. The van der Waals surface area contributed by atoms with Crippen molar-refractivity contribution in [3.8, 4) is 0 Å². The highest BCUT2D eigenvalue weighted by Gasteiger charge is 2.49. The van der Waals surface area contributed by atoms with Gasteiger partial charge in [0, 0.05) is 44.4 Å². The van der Waals surface area contributed by atoms with Crippen LogP contribution in [0.25, 0.3) is 0 Å². The lowest BCUT2D eigenvalue weighted by molar-refractivity contribution is 0.0233. The first-order valence-electron chi connectivity index (χ1n) is 8.56. The largest absolute Gasteiger partial charge is 0.448 e. The monoisotopic (exact) mass is 311 g/mol. The lowest BCUT2D eigenvalue weighted by Crippen LogP contribution is -2.53. The lowest BCUT2D eigenvalue weighted by Gasteiger charge is -2.35. The van der Waals surface area contributed by atoms with Crippen molar-refractivity contribution in [2.24, 2.45) is 0 Å². The summed E-state index contributed by atoms with van der Waals surface area (Å²) in [4.78, 5) is 16.7. The summed E-state index contributed by atoms with van der Waals surface area (Å²) in [5.41, 5.74) is 0.203. The smallest absolute Gasteiger partial charge is 0.410 e. The normalized spacial score (nSPS) is 35.6. The zero-order valence-electron chi connectivity index (χ0n) is 13.8. The van der Waals surface area contributed by atoms with Crippen LogP contribution in [0, 0.1) is 0 Å². The molecule has 3 unspecified atom stereocenters. The van der Waals surface area contributed by atoms with Crippen molar-refractivity contribution in [3.05, 3.63) is 0 Å². The summed E-state index contributed by atoms with van der Waals surface area (Å²) in [6.07, 6.45) is 4.54. The van der Waals surface area contributed by atoms with E-state index in [2.05, 4.69) is 17.1 Å². The number of amides is 1. The Morgan fingerprint density at radius 1 is 1.36 bits per heavy atom. The molecular formula is C16H29N3O3. The number of carbonyl (C=O) groups excluding carboxylic acids is 1. The Kier molecular flexibility index (Phi) is 4.90. The van der Waals surface area contributed by atoms with Crippen LogP contribution in [0.1, 0.15) is 32.6 Å². The molecule has 3 aliphatic rings. The molecule has 6 nitrogen and oxygen atoms in total. The Morgan fingerprint density at radius 3 is 3.00 bits per heavy atom. The molecule has 0 bridgehead atoms. The molecule has 0 saturated carbocycles. The summed E-state index contributed by atoms with van der Waals surface area (Å²) >= 11 is 0. The van der Waals surface area contributed by atoms with E-state index in [9.17, 15) is 4.79 Å². The number of rotatable bonds is 4. The average molecular weight is 311 g/mol. The predicted octanol–water partition coefficient (Wildman–Crippen LogP) is 1.06. The van der Waals surface area contributed by atoms with E-state index < -0.39 is 0 Å². The zero-order valence-corrected chi connectivity index (χ0v) is 13.8. The van der Waals surface area contributed by atoms with Crippen molar-refractivity contribution >= 4 is 6.09 Å². The fourth-order valence-electron chi connectivity index (χ4n) is 4.42. The average Bonchev–Trinajstić information content (AvgIpc) is 3.05. The molecule has 3 heterocycles. The highest BCUT2D eigenvalue weighted by Crippen LogP contribution is 2.42. The van der Waals surface area contributed by atoms with E-state index in [-0.39, 0.29) is 17.7 Å². The second-order valence-electron chi connectivity index (χ2n) is 6.97. The Labute approximate surface area is 133 Å². The van der Waals surface area contributed by atoms with Gasteiger partial charge in [-0.3, -0.25) is 4.90 Å². The number of methoxy groups -OCH3 is 1. The SMILES string of the molecule is COCC12CCCN1C(COC(=O)N1CCNCC1C)CC2. The van der Waals surface area contributed by atoms with Crippen LogP contribution in [0.5, 0.6) is 0 Å². The van der Waals surface area contributed by atoms with Crippen molar-refractivity contribution < 1.29 is 14.3 Å². The summed E-state index contributed by atoms with van der Waals surface area (Å²) in [6.45, 7) is 6.92. The first-order chi connectivity index (χ1) is 10.7. The molecule has 3 rings (SSSR count). The van der Waals surface area contributed by atoms with Gasteiger partial charge in [0.1, 0.15) is 6.61 Å². The summed E-state index contributed by atoms with van der Waals surface area (Å²) in [6, 6.07) is 0.573. The Morgan fingerprint density at radius 2 is 2.23 bits per heavy atom. The van der Waals surface area contributed by atoms with Gasteiger partial charge < -0.3 is 19.7 Å². The van der Waals surface area contributed by atoms with Crippen LogP contribution in [-0.4, -0.2) is 80.0 Å². The minimum Gasteiger partial charge on any atom is -0.448 e. The molecule has 0 aromatic carbocycles. The maximum absolute atomic E-state index is 12.3. The minimum absolute atomic E-state index is 0.155. The maximum atomic E-state index is 12.3. The van der Waals surface area contributed by atoms with E-state index in [4.69, 9.17) is 9.47 Å². The predicted molar refractivity (Wildman–Crippen MR) is 84.0 cm³/mol. The topological polar surface area (TPSA) is 54.0 Å². The molecular weight excluding hydrogens is 282 g/mol. The van der Waals surface area contributed by atoms with Gasteiger partial charge in [-0.05, 0) is 39.2 Å². The van der Waals surface area contributed by atoms with E-state index in [1.54, 1.807) is 7.11 Å². The second-order valence-corrected chi connectivity index (χ2v) is 6.97. The van der Waals surface area contributed by atoms with Crippen LogP contribution in [0.3, 0.4) is 0 Å². The molecule has 126 valence electrons. The zero-order chi connectivity index (χ0) is 15.6. The Hall–Kier alpha value is -0.850. The van der Waals surface area contributed by atoms with Gasteiger partial charge in [-0.25, -0.2) is 4.79 Å². The molecule has 3 saturated heterocycles. The van der Waals surface area contributed by atoms with Crippen molar-refractivity contribution in [3.63, 3.8) is 0 Å². The van der Waals surface area contributed by atoms with Crippen molar-refractivity contribution in [2.75, 3.05) is 46.5 Å². The molecule has 3 fully saturated rings. The number of carbonyl (C=O) groups is 1. The molecule has 0 spiro atoms. The number of fused-ring (bicyclic) bond motifs is 1. The molecule has 0 aromatic rings. The van der Waals surface area contributed by atoms with Crippen LogP contribution in [0.15, 0.2) is 0 Å². The van der Waals surface area contributed by atoms with Crippen molar-refractivity contribution in [1.29, 1.82) is 0 Å². The van der Waals surface area contributed by atoms with Crippen LogP contribution >= 0.6 is 0 Å². The summed E-state index contributed by atoms with van der Waals surface area (Å²) in [7, 11) is 1.78. The van der Waals surface area contributed by atoms with E-state index in [1.165, 1.54) is 12.8 Å². The molecule has 22 heavy (non-hydrogen) atoms. The van der Waals surface area contributed by atoms with Gasteiger partial charge in [0.05, 0.1) is 6.61 Å². The van der Waals surface area contributed by atoms with Crippen LogP contribution in [0.2, 0.25) is 0 Å². The van der Waals surface area contributed by atoms with Gasteiger partial charge in [-0.2, -0.15) is 0 Å². The van der Waals surface area contributed by atoms with Gasteiger partial charge in [-0.1, -0.05) is 0 Å². The van der Waals surface area contributed by atoms with Gasteiger partial charge in [0.2, 0.25) is 0 Å². The molecule has 0 aliphatic carbocycles. The molecule has 0 radical (unpaired) electrons. The number of piperazine rings is 1. The Bertz CT molecular complexity index is 406. The van der Waals surface area contributed by atoms with Gasteiger partial charge in [0.25, 0.3) is 0 Å². The number of hydrogen-bond acceptors (Lipinski definition) is 5. The second kappa shape index (κ2) is 6.72. The highest BCUT2D eigenvalue weighted by molar-refractivity contribution is 5.68. The number of ether oxygens (including phenoxy) is 2. The standard InChI is InChI=1S/C16H29N3O3/c1-13-10-17-7-9-18(13)15(20)22-11-14-4-6-16(12-21-2)5-3-8-19(14)16/h13-14,17H,3-12H2,1-2H3. The maximum Gasteiger partial charge on any atom is 0.410 e. The Balaban J connectivity index is 1.52. The fraction of sp³-hybridized carbons (Fsp3) is 0.938. The van der Waals surface area contributed by atoms with Crippen LogP contribution in [0.4, 0.5) is 4.79 Å².